The summed E-state index contributed by atoms with van der Waals surface area (Å²) in [5.74, 6) is -0.102. The molecule has 17 nitrogen and oxygen atoms in total. The van der Waals surface area contributed by atoms with Crippen LogP contribution in [-0.4, -0.2) is 143 Å². The molecule has 1 heterocycles. The Balaban J connectivity index is 0.00000312. The molecule has 0 fully saturated rings. The Kier molecular flexibility index (Phi) is 16.5. The van der Waals surface area contributed by atoms with Gasteiger partial charge in [0, 0.05) is 99.4 Å². The Morgan fingerprint density at radius 2 is 1.12 bits per heavy atom. The summed E-state index contributed by atoms with van der Waals surface area (Å²) < 4.78 is 100. The average Bonchev–Trinajstić information content (AvgIpc) is 2.99. The number of rotatable bonds is 9. The molecule has 0 unspecified atom stereocenters. The van der Waals surface area contributed by atoms with E-state index in [0.29, 0.717) is 16.8 Å². The molecule has 3 radical (unpaired) electrons. The van der Waals surface area contributed by atoms with Gasteiger partial charge in [0.25, 0.3) is 30.4 Å². The van der Waals surface area contributed by atoms with Crippen LogP contribution in [0, 0.1) is 13.8 Å². The first-order valence-corrected chi connectivity index (χ1v) is 18.3. The van der Waals surface area contributed by atoms with E-state index in [0.717, 1.165) is 18.2 Å². The number of aromatic nitrogens is 3. The van der Waals surface area contributed by atoms with Crippen LogP contribution in [-0.2, 0) is 30.4 Å². The quantitative estimate of drug-likeness (QED) is 0.0742. The predicted molar refractivity (Wildman–Crippen MR) is 194 cm³/mol. The van der Waals surface area contributed by atoms with Crippen LogP contribution in [0.5, 0.6) is 0 Å². The summed E-state index contributed by atoms with van der Waals surface area (Å²) in [6.07, 6.45) is 0. The summed E-state index contributed by atoms with van der Waals surface area (Å²) in [5.41, 5.74) is 1.35. The van der Waals surface area contributed by atoms with Gasteiger partial charge in [0.1, 0.15) is 15.5 Å². The van der Waals surface area contributed by atoms with Crippen molar-refractivity contribution < 1.29 is 38.9 Å². The molecule has 0 saturated carbocycles. The second kappa shape index (κ2) is 18.4. The van der Waals surface area contributed by atoms with Crippen LogP contribution in [0.2, 0.25) is 10.6 Å². The summed E-state index contributed by atoms with van der Waals surface area (Å²) in [7, 11) is -14.3. The largest absolute Gasteiger partial charge is 0.323 e. The van der Waals surface area contributed by atoms with Gasteiger partial charge in [-0.2, -0.15) is 50.4 Å². The number of nitrogens with one attached hydrogen (secondary N) is 1. The van der Waals surface area contributed by atoms with Crippen LogP contribution in [0.25, 0.3) is 10.8 Å². The van der Waals surface area contributed by atoms with Crippen molar-refractivity contribution >= 4 is 187 Å². The predicted octanol–water partition coefficient (Wildman–Crippen LogP) is 6.12. The smallest absolute Gasteiger partial charge is 0.296 e. The molecule has 0 saturated heterocycles. The number of azo groups is 2. The van der Waals surface area contributed by atoms with Gasteiger partial charge in [0.2, 0.25) is 16.5 Å². The van der Waals surface area contributed by atoms with Crippen molar-refractivity contribution in [3.05, 3.63) is 82.4 Å². The molecule has 4 aromatic carbocycles. The Morgan fingerprint density at radius 1 is 0.596 bits per heavy atom. The molecule has 0 spiro atoms. The van der Waals surface area contributed by atoms with Crippen LogP contribution in [0.4, 0.5) is 34.4 Å². The molecule has 0 atom stereocenters. The van der Waals surface area contributed by atoms with Crippen LogP contribution >= 0.6 is 23.2 Å². The first-order valence-electron chi connectivity index (χ1n) is 13.2. The van der Waals surface area contributed by atoms with Gasteiger partial charge in [0.15, 0.2) is 0 Å². The second-order valence-corrected chi connectivity index (χ2v) is 14.9. The Labute approximate surface area is 373 Å². The minimum Gasteiger partial charge on any atom is -0.323 e. The van der Waals surface area contributed by atoms with E-state index in [4.69, 9.17) is 23.2 Å². The Hall–Kier alpha value is -1.54. The van der Waals surface area contributed by atoms with Crippen LogP contribution in [0.3, 0.4) is 0 Å². The fourth-order valence-electron chi connectivity index (χ4n) is 4.44. The number of fused-ring (bicyclic) bond motifs is 1. The van der Waals surface area contributed by atoms with Crippen molar-refractivity contribution in [2.45, 2.75) is 28.5 Å². The summed E-state index contributed by atoms with van der Waals surface area (Å²) in [6.45, 7) is 3.28. The minimum atomic E-state index is -4.84. The monoisotopic (exact) mass is 835 g/mol. The van der Waals surface area contributed by atoms with Crippen molar-refractivity contribution in [3.63, 3.8) is 0 Å². The number of benzene rings is 4. The van der Waals surface area contributed by atoms with Gasteiger partial charge in [-0.1, -0.05) is 12.1 Å². The van der Waals surface area contributed by atoms with Crippen LogP contribution < -0.4 is 5.32 Å². The first-order chi connectivity index (χ1) is 22.8. The first kappa shape index (κ1) is 46.6. The van der Waals surface area contributed by atoms with Gasteiger partial charge in [-0.3, -0.25) is 13.7 Å². The second-order valence-electron chi connectivity index (χ2n) is 10.0. The van der Waals surface area contributed by atoms with Gasteiger partial charge in [0.05, 0.1) is 27.6 Å². The maximum atomic E-state index is 12.3. The summed E-state index contributed by atoms with van der Waals surface area (Å²) in [4.78, 5) is 9.64. The number of nitrogens with zero attached hydrogens (tertiary/aromatic N) is 7. The van der Waals surface area contributed by atoms with E-state index < -0.39 is 50.7 Å². The molecule has 52 heavy (non-hydrogen) atoms. The number of halogens is 2. The van der Waals surface area contributed by atoms with E-state index in [9.17, 15) is 38.9 Å². The van der Waals surface area contributed by atoms with Gasteiger partial charge < -0.3 is 5.32 Å². The maximum absolute atomic E-state index is 12.3. The molecular weight excluding hydrogens is 816 g/mol. The minimum absolute atomic E-state index is 0. The van der Waals surface area contributed by atoms with E-state index in [-0.39, 0.29) is 133 Å². The standard InChI is InChI=1S/C27H20Cl2N8O9S3.3Na/c1-13-11-20(36-37-21-12-15(47(38,39)40)6-9-22(21)48(41,42)43)14(2)10-19(13)35-34-17-7-8-18(30-27-32-25(28)31-26(29)33-27)24-16(17)4-3-5-23(24)49(44,45)46;;;/h3-12H,1-2H3,(H,38,39,40)(H,41,42,43)(H,44,45,46)(H,30,31,32,33);;;. The molecule has 25 heteroatoms. The van der Waals surface area contributed by atoms with E-state index in [1.807, 2.05) is 0 Å². The Bertz CT molecular complexity index is 2570. The molecular formula is C27H20Cl2N8Na3O9S3. The number of hydrogen-bond acceptors (Lipinski definition) is 14. The van der Waals surface area contributed by atoms with E-state index >= 15 is 0 Å². The fourth-order valence-corrected chi connectivity index (χ4v) is 6.63. The van der Waals surface area contributed by atoms with E-state index in [1.54, 1.807) is 26.0 Å². The van der Waals surface area contributed by atoms with Crippen molar-refractivity contribution in [1.29, 1.82) is 0 Å². The summed E-state index contributed by atoms with van der Waals surface area (Å²) in [5, 5.41) is 19.1. The molecule has 0 amide bonds. The normalized spacial score (nSPS) is 12.0. The molecule has 0 bridgehead atoms. The van der Waals surface area contributed by atoms with E-state index in [1.165, 1.54) is 30.3 Å². The van der Waals surface area contributed by atoms with Crippen molar-refractivity contribution in [2.75, 3.05) is 5.32 Å². The van der Waals surface area contributed by atoms with Crippen LogP contribution in [0.15, 0.2) is 95.8 Å². The molecule has 4 N–H and O–H groups in total. The fraction of sp³-hybridized carbons (Fsp3) is 0.0741. The van der Waals surface area contributed by atoms with Crippen LogP contribution in [0.1, 0.15) is 11.1 Å². The zero-order valence-electron chi connectivity index (χ0n) is 27.7. The van der Waals surface area contributed by atoms with Gasteiger partial charge >= 0.3 is 0 Å². The molecule has 1 aromatic heterocycles. The van der Waals surface area contributed by atoms with Crippen molar-refractivity contribution in [1.82, 2.24) is 15.0 Å². The third-order valence-electron chi connectivity index (χ3n) is 6.64. The average molecular weight is 837 g/mol. The SMILES string of the molecule is Cc1cc(N=Nc2ccc(Nc3nc(Cl)nc(Cl)n3)c3c(S(=O)(=O)O)cccc23)c(C)cc1N=Nc1cc(S(=O)(=O)O)ccc1S(=O)(=O)O.[Na].[Na].[Na]. The molecule has 5 rings (SSSR count). The zero-order chi connectivity index (χ0) is 35.9. The zero-order valence-corrected chi connectivity index (χ0v) is 37.6. The Morgan fingerprint density at radius 3 is 1.63 bits per heavy atom. The molecule has 0 aliphatic carbocycles. The number of anilines is 2. The van der Waals surface area contributed by atoms with Crippen molar-refractivity contribution in [2.24, 2.45) is 20.5 Å². The third-order valence-corrected chi connectivity index (χ3v) is 9.62. The molecule has 5 aromatic rings. The summed E-state index contributed by atoms with van der Waals surface area (Å²) >= 11 is 11.7. The molecule has 257 valence electrons. The maximum Gasteiger partial charge on any atom is 0.296 e. The molecule has 0 aliphatic rings. The van der Waals surface area contributed by atoms with E-state index in [2.05, 4.69) is 40.7 Å². The topological polar surface area (TPSA) is 263 Å². The van der Waals surface area contributed by atoms with Gasteiger partial charge in [-0.15, -0.1) is 10.2 Å². The molecule has 0 aliphatic heterocycles. The summed E-state index contributed by atoms with van der Waals surface area (Å²) in [6, 6.07) is 12.5. The number of aryl methyl sites for hydroxylation is 2. The number of hydrogen-bond donors (Lipinski definition) is 4. The van der Waals surface area contributed by atoms with Gasteiger partial charge in [-0.25, -0.2) is 0 Å². The van der Waals surface area contributed by atoms with Gasteiger partial charge in [-0.05, 0) is 96.7 Å². The third kappa shape index (κ3) is 11.3. The van der Waals surface area contributed by atoms with Crippen molar-refractivity contribution in [3.8, 4) is 0 Å².